The number of quaternary nitrogens is 1. The van der Waals surface area contributed by atoms with Gasteiger partial charge in [0.05, 0.1) is 36.0 Å². The smallest absolute Gasteiger partial charge is 0.253 e. The zero-order chi connectivity index (χ0) is 25.0. The van der Waals surface area contributed by atoms with Gasteiger partial charge < -0.3 is 19.9 Å². The van der Waals surface area contributed by atoms with Crippen molar-refractivity contribution in [3.05, 3.63) is 107 Å². The summed E-state index contributed by atoms with van der Waals surface area (Å²) in [5.41, 5.74) is 4.59. The topological polar surface area (TPSA) is 74.3 Å². The standard InChI is InChI=1S/C30H31N3O3/c1-2-26(22-11-5-3-6-12-22)32-30(34)28-24-15-9-10-16-27(24)31-29(23-13-7-4-8-14-23)25(28)21-33(35)17-19-36-20-18-33/h3-16,26H,2,17-21H2,1H3,(H,32,34). The molecule has 3 aromatic carbocycles. The van der Waals surface area contributed by atoms with E-state index in [1.54, 1.807) is 0 Å². The van der Waals surface area contributed by atoms with Gasteiger partial charge in [-0.3, -0.25) is 4.79 Å². The first kappa shape index (κ1) is 24.1. The lowest BCUT2D eigenvalue weighted by Crippen LogP contribution is -2.50. The number of carbonyl (C=O) groups is 1. The molecule has 2 heterocycles. The van der Waals surface area contributed by atoms with Gasteiger partial charge in [-0.05, 0) is 18.1 Å². The average molecular weight is 482 g/mol. The highest BCUT2D eigenvalue weighted by atomic mass is 16.6. The maximum atomic E-state index is 14.1. The molecule has 0 bridgehead atoms. The molecule has 6 heteroatoms. The predicted molar refractivity (Wildman–Crippen MR) is 142 cm³/mol. The number of aromatic nitrogens is 1. The van der Waals surface area contributed by atoms with E-state index in [-0.39, 0.29) is 18.5 Å². The van der Waals surface area contributed by atoms with E-state index in [9.17, 15) is 10.0 Å². The lowest BCUT2D eigenvalue weighted by atomic mass is 9.94. The maximum Gasteiger partial charge on any atom is 0.253 e. The molecule has 1 unspecified atom stereocenters. The van der Waals surface area contributed by atoms with Gasteiger partial charge in [0.25, 0.3) is 5.91 Å². The molecule has 0 spiro atoms. The highest BCUT2D eigenvalue weighted by Gasteiger charge is 2.30. The fourth-order valence-electron chi connectivity index (χ4n) is 4.96. The van der Waals surface area contributed by atoms with Crippen molar-refractivity contribution in [1.29, 1.82) is 0 Å². The first-order chi connectivity index (χ1) is 17.6. The third-order valence-corrected chi connectivity index (χ3v) is 6.92. The third-order valence-electron chi connectivity index (χ3n) is 6.92. The normalized spacial score (nSPS) is 15.9. The van der Waals surface area contributed by atoms with E-state index < -0.39 is 4.65 Å². The fourth-order valence-corrected chi connectivity index (χ4v) is 4.96. The predicted octanol–water partition coefficient (Wildman–Crippen LogP) is 5.63. The molecular formula is C30H31N3O3. The molecule has 0 saturated carbocycles. The molecule has 5 rings (SSSR count). The molecule has 4 aromatic rings. The number of rotatable bonds is 7. The number of hydrogen-bond acceptors (Lipinski definition) is 4. The molecule has 36 heavy (non-hydrogen) atoms. The van der Waals surface area contributed by atoms with E-state index in [1.165, 1.54) is 0 Å². The van der Waals surface area contributed by atoms with Gasteiger partial charge in [0.2, 0.25) is 0 Å². The zero-order valence-electron chi connectivity index (χ0n) is 20.5. The number of nitrogens with one attached hydrogen (secondary N) is 1. The van der Waals surface area contributed by atoms with Crippen LogP contribution < -0.4 is 5.32 Å². The van der Waals surface area contributed by atoms with Gasteiger partial charge in [0.15, 0.2) is 0 Å². The SMILES string of the molecule is CCC(NC(=O)c1c(C[N+]2([O-])CCOCC2)c(-c2ccccc2)nc2ccccc12)c1ccccc1. The number of carbonyl (C=O) groups excluding carboxylic acids is 1. The van der Waals surface area contributed by atoms with E-state index in [0.717, 1.165) is 28.5 Å². The Morgan fingerprint density at radius 2 is 1.61 bits per heavy atom. The van der Waals surface area contributed by atoms with Crippen molar-refractivity contribution in [2.45, 2.75) is 25.9 Å². The number of hydroxylamine groups is 3. The van der Waals surface area contributed by atoms with Crippen LogP contribution in [0.1, 0.15) is 40.9 Å². The summed E-state index contributed by atoms with van der Waals surface area (Å²) in [4.78, 5) is 19.1. The van der Waals surface area contributed by atoms with Crippen LogP contribution in [0.3, 0.4) is 0 Å². The summed E-state index contributed by atoms with van der Waals surface area (Å²) in [7, 11) is 0. The minimum Gasteiger partial charge on any atom is -0.632 e. The van der Waals surface area contributed by atoms with Crippen molar-refractivity contribution in [3.63, 3.8) is 0 Å². The van der Waals surface area contributed by atoms with Gasteiger partial charge in [0, 0.05) is 16.5 Å². The lowest BCUT2D eigenvalue weighted by Gasteiger charge is -2.45. The molecular weight excluding hydrogens is 450 g/mol. The Kier molecular flexibility index (Phi) is 7.09. The average Bonchev–Trinajstić information content (AvgIpc) is 2.92. The number of benzene rings is 3. The summed E-state index contributed by atoms with van der Waals surface area (Å²) < 4.78 is 5.04. The molecule has 6 nitrogen and oxygen atoms in total. The van der Waals surface area contributed by atoms with Gasteiger partial charge in [0.1, 0.15) is 19.6 Å². The quantitative estimate of drug-likeness (QED) is 0.274. The minimum atomic E-state index is -0.434. The van der Waals surface area contributed by atoms with E-state index in [1.807, 2.05) is 84.9 Å². The van der Waals surface area contributed by atoms with Crippen LogP contribution in [0.4, 0.5) is 0 Å². The van der Waals surface area contributed by atoms with Gasteiger partial charge in [-0.1, -0.05) is 85.8 Å². The van der Waals surface area contributed by atoms with Gasteiger partial charge in [-0.2, -0.15) is 0 Å². The number of para-hydroxylation sites is 1. The van der Waals surface area contributed by atoms with E-state index in [0.29, 0.717) is 43.1 Å². The number of ether oxygens (including phenoxy) is 1. The van der Waals surface area contributed by atoms with Crippen molar-refractivity contribution in [2.75, 3.05) is 26.3 Å². The summed E-state index contributed by atoms with van der Waals surface area (Å²) in [5, 5.41) is 17.8. The van der Waals surface area contributed by atoms with Crippen LogP contribution in [0.15, 0.2) is 84.9 Å². The molecule has 1 aliphatic rings. The second-order valence-corrected chi connectivity index (χ2v) is 9.32. The Bertz CT molecular complexity index is 1340. The Morgan fingerprint density at radius 1 is 0.972 bits per heavy atom. The molecule has 1 saturated heterocycles. The van der Waals surface area contributed by atoms with Crippen LogP contribution in [-0.2, 0) is 11.3 Å². The third kappa shape index (κ3) is 5.02. The molecule has 1 N–H and O–H groups in total. The van der Waals surface area contributed by atoms with Crippen LogP contribution in [0.5, 0.6) is 0 Å². The van der Waals surface area contributed by atoms with E-state index in [4.69, 9.17) is 9.72 Å². The molecule has 0 radical (unpaired) electrons. The number of amides is 1. The van der Waals surface area contributed by atoms with Gasteiger partial charge >= 0.3 is 0 Å². The van der Waals surface area contributed by atoms with E-state index in [2.05, 4.69) is 12.2 Å². The van der Waals surface area contributed by atoms with Crippen molar-refractivity contribution in [1.82, 2.24) is 10.3 Å². The molecule has 0 aliphatic carbocycles. The molecule has 1 aromatic heterocycles. The second-order valence-electron chi connectivity index (χ2n) is 9.32. The molecule has 184 valence electrons. The lowest BCUT2D eigenvalue weighted by molar-refractivity contribution is -0.901. The van der Waals surface area contributed by atoms with Crippen LogP contribution in [0.25, 0.3) is 22.2 Å². The Hall–Kier alpha value is -3.58. The molecule has 1 atom stereocenters. The second kappa shape index (κ2) is 10.6. The monoisotopic (exact) mass is 481 g/mol. The van der Waals surface area contributed by atoms with Gasteiger partial charge in [-0.15, -0.1) is 0 Å². The highest BCUT2D eigenvalue weighted by molar-refractivity contribution is 6.09. The summed E-state index contributed by atoms with van der Waals surface area (Å²) in [6, 6.07) is 27.4. The van der Waals surface area contributed by atoms with Crippen molar-refractivity contribution in [2.24, 2.45) is 0 Å². The van der Waals surface area contributed by atoms with Crippen LogP contribution in [0.2, 0.25) is 0 Å². The number of morpholine rings is 1. The number of fused-ring (bicyclic) bond motifs is 1. The Balaban J connectivity index is 1.68. The van der Waals surface area contributed by atoms with E-state index >= 15 is 0 Å². The van der Waals surface area contributed by atoms with Crippen molar-refractivity contribution < 1.29 is 14.2 Å². The summed E-state index contributed by atoms with van der Waals surface area (Å²) in [6.45, 7) is 3.76. The van der Waals surface area contributed by atoms with Crippen LogP contribution >= 0.6 is 0 Å². The Labute approximate surface area is 211 Å². The molecule has 1 amide bonds. The largest absolute Gasteiger partial charge is 0.632 e. The number of pyridine rings is 1. The maximum absolute atomic E-state index is 14.1. The molecule has 1 aliphatic heterocycles. The minimum absolute atomic E-state index is 0.141. The highest BCUT2D eigenvalue weighted by Crippen LogP contribution is 2.33. The summed E-state index contributed by atoms with van der Waals surface area (Å²) >= 11 is 0. The first-order valence-corrected chi connectivity index (χ1v) is 12.6. The van der Waals surface area contributed by atoms with Gasteiger partial charge in [-0.25, -0.2) is 4.98 Å². The fraction of sp³-hybridized carbons (Fsp3) is 0.267. The van der Waals surface area contributed by atoms with Crippen molar-refractivity contribution >= 4 is 16.8 Å². The molecule has 1 fully saturated rings. The zero-order valence-corrected chi connectivity index (χ0v) is 20.5. The number of hydrogen-bond donors (Lipinski definition) is 1. The summed E-state index contributed by atoms with van der Waals surface area (Å²) in [5.74, 6) is -0.184. The van der Waals surface area contributed by atoms with Crippen LogP contribution in [-0.4, -0.2) is 41.8 Å². The van der Waals surface area contributed by atoms with Crippen molar-refractivity contribution in [3.8, 4) is 11.3 Å². The Morgan fingerprint density at radius 3 is 2.31 bits per heavy atom. The number of nitrogens with zero attached hydrogens (tertiary/aromatic N) is 2. The van der Waals surface area contributed by atoms with Crippen LogP contribution in [0, 0.1) is 5.21 Å². The summed E-state index contributed by atoms with van der Waals surface area (Å²) in [6.07, 6.45) is 0.749. The first-order valence-electron chi connectivity index (χ1n) is 12.6.